The topological polar surface area (TPSA) is 84.7 Å². The Morgan fingerprint density at radius 2 is 1.91 bits per heavy atom. The normalized spacial score (nSPS) is 26.2. The number of nitro groups is 1. The summed E-state index contributed by atoms with van der Waals surface area (Å²) in [6, 6.07) is 7.00. The number of nitro benzene ring substituents is 1. The lowest BCUT2D eigenvalue weighted by Gasteiger charge is -2.35. The highest BCUT2D eigenvalue weighted by atomic mass is 35.5. The van der Waals surface area contributed by atoms with E-state index in [4.69, 9.17) is 4.74 Å². The van der Waals surface area contributed by atoms with Crippen molar-refractivity contribution >= 4 is 29.9 Å². The SMILES string of the molecule is CN1C2CCC1CC(OC(=O)Nc1ccccc1[N+](=O)[O-])C2.Cl. The van der Waals surface area contributed by atoms with Crippen LogP contribution in [0, 0.1) is 10.1 Å². The Kier molecular flexibility index (Phi) is 5.43. The zero-order valence-electron chi connectivity index (χ0n) is 12.8. The molecule has 126 valence electrons. The van der Waals surface area contributed by atoms with Crippen LogP contribution in [0.3, 0.4) is 0 Å². The number of carbonyl (C=O) groups is 1. The molecule has 0 spiro atoms. The molecule has 2 atom stereocenters. The number of fused-ring (bicyclic) bond motifs is 2. The first-order chi connectivity index (χ1) is 10.5. The van der Waals surface area contributed by atoms with Crippen LogP contribution < -0.4 is 5.32 Å². The maximum atomic E-state index is 12.0. The lowest BCUT2D eigenvalue weighted by atomic mass is 10.0. The van der Waals surface area contributed by atoms with Crippen molar-refractivity contribution in [1.29, 1.82) is 0 Å². The molecule has 2 bridgehead atoms. The molecule has 1 aromatic rings. The smallest absolute Gasteiger partial charge is 0.412 e. The van der Waals surface area contributed by atoms with Crippen molar-refractivity contribution < 1.29 is 14.5 Å². The summed E-state index contributed by atoms with van der Waals surface area (Å²) in [6.07, 6.45) is 3.22. The van der Waals surface area contributed by atoms with Crippen LogP contribution in [0.5, 0.6) is 0 Å². The van der Waals surface area contributed by atoms with Crippen LogP contribution in [0.1, 0.15) is 25.7 Å². The monoisotopic (exact) mass is 341 g/mol. The lowest BCUT2D eigenvalue weighted by molar-refractivity contribution is -0.383. The van der Waals surface area contributed by atoms with Gasteiger partial charge < -0.3 is 9.64 Å². The molecule has 2 heterocycles. The quantitative estimate of drug-likeness (QED) is 0.674. The summed E-state index contributed by atoms with van der Waals surface area (Å²) in [5.41, 5.74) is 0.0243. The van der Waals surface area contributed by atoms with Crippen LogP contribution in [0.15, 0.2) is 24.3 Å². The van der Waals surface area contributed by atoms with Gasteiger partial charge in [-0.05, 0) is 26.0 Å². The maximum Gasteiger partial charge on any atom is 0.412 e. The Hall–Kier alpha value is -1.86. The van der Waals surface area contributed by atoms with Crippen LogP contribution in [0.2, 0.25) is 0 Å². The number of benzene rings is 1. The van der Waals surface area contributed by atoms with Crippen molar-refractivity contribution in [3.05, 3.63) is 34.4 Å². The zero-order valence-corrected chi connectivity index (χ0v) is 13.6. The fourth-order valence-corrected chi connectivity index (χ4v) is 3.49. The Labute approximate surface area is 140 Å². The number of nitrogens with zero attached hydrogens (tertiary/aromatic N) is 2. The Bertz CT molecular complexity index is 584. The number of hydrogen-bond donors (Lipinski definition) is 1. The maximum absolute atomic E-state index is 12.0. The Morgan fingerprint density at radius 3 is 2.52 bits per heavy atom. The van der Waals surface area contributed by atoms with Gasteiger partial charge in [-0.15, -0.1) is 12.4 Å². The van der Waals surface area contributed by atoms with Gasteiger partial charge >= 0.3 is 6.09 Å². The number of carbonyl (C=O) groups excluding carboxylic acids is 1. The van der Waals surface area contributed by atoms with E-state index >= 15 is 0 Å². The van der Waals surface area contributed by atoms with Crippen LogP contribution in [-0.2, 0) is 4.74 Å². The number of amides is 1. The number of halogens is 1. The zero-order chi connectivity index (χ0) is 15.7. The number of rotatable bonds is 3. The van der Waals surface area contributed by atoms with E-state index in [0.717, 1.165) is 25.7 Å². The summed E-state index contributed by atoms with van der Waals surface area (Å²) < 4.78 is 5.46. The molecule has 0 radical (unpaired) electrons. The summed E-state index contributed by atoms with van der Waals surface area (Å²) in [6.45, 7) is 0. The van der Waals surface area contributed by atoms with E-state index in [9.17, 15) is 14.9 Å². The van der Waals surface area contributed by atoms with Gasteiger partial charge in [0.2, 0.25) is 0 Å². The van der Waals surface area contributed by atoms with Crippen molar-refractivity contribution in [2.45, 2.75) is 43.9 Å². The van der Waals surface area contributed by atoms with E-state index in [2.05, 4.69) is 17.3 Å². The first-order valence-electron chi connectivity index (χ1n) is 7.47. The van der Waals surface area contributed by atoms with Gasteiger partial charge in [0.25, 0.3) is 5.69 Å². The summed E-state index contributed by atoms with van der Waals surface area (Å²) >= 11 is 0. The molecule has 2 aliphatic heterocycles. The molecule has 0 aliphatic carbocycles. The number of ether oxygens (including phenoxy) is 1. The minimum atomic E-state index is -0.622. The minimum absolute atomic E-state index is 0. The average molecular weight is 342 g/mol. The second-order valence-corrected chi connectivity index (χ2v) is 5.95. The number of para-hydroxylation sites is 2. The fourth-order valence-electron chi connectivity index (χ4n) is 3.49. The van der Waals surface area contributed by atoms with E-state index in [0.29, 0.717) is 12.1 Å². The first-order valence-corrected chi connectivity index (χ1v) is 7.47. The van der Waals surface area contributed by atoms with Gasteiger partial charge in [0.05, 0.1) is 4.92 Å². The van der Waals surface area contributed by atoms with E-state index in [1.807, 2.05) is 0 Å². The summed E-state index contributed by atoms with van der Waals surface area (Å²) in [4.78, 5) is 24.8. The van der Waals surface area contributed by atoms with Gasteiger partial charge in [0.1, 0.15) is 11.8 Å². The summed E-state index contributed by atoms with van der Waals surface area (Å²) in [5.74, 6) is 0. The molecule has 2 saturated heterocycles. The standard InChI is InChI=1S/C15H19N3O4.ClH/c1-17-10-6-7-11(17)9-12(8-10)22-15(19)16-13-4-2-3-5-14(13)18(20)21;/h2-5,10-12H,6-9H2,1H3,(H,16,19);1H. The number of nitrogens with one attached hydrogen (secondary N) is 1. The van der Waals surface area contributed by atoms with E-state index < -0.39 is 11.0 Å². The van der Waals surface area contributed by atoms with Crippen LogP contribution in [0.25, 0.3) is 0 Å². The molecular formula is C15H20ClN3O4. The number of anilines is 1. The molecule has 2 fully saturated rings. The van der Waals surface area contributed by atoms with Gasteiger partial charge in [0.15, 0.2) is 0 Å². The van der Waals surface area contributed by atoms with E-state index in [-0.39, 0.29) is 29.9 Å². The van der Waals surface area contributed by atoms with Gasteiger partial charge in [-0.2, -0.15) is 0 Å². The Morgan fingerprint density at radius 1 is 1.30 bits per heavy atom. The third kappa shape index (κ3) is 3.73. The molecule has 8 heteroatoms. The second-order valence-electron chi connectivity index (χ2n) is 5.95. The highest BCUT2D eigenvalue weighted by molar-refractivity contribution is 5.87. The molecule has 1 aromatic carbocycles. The molecule has 3 rings (SSSR count). The van der Waals surface area contributed by atoms with Crippen molar-refractivity contribution in [2.24, 2.45) is 0 Å². The van der Waals surface area contributed by atoms with Crippen molar-refractivity contribution in [3.63, 3.8) is 0 Å². The highest BCUT2D eigenvalue weighted by Gasteiger charge is 2.39. The van der Waals surface area contributed by atoms with Crippen molar-refractivity contribution in [3.8, 4) is 0 Å². The van der Waals surface area contributed by atoms with Gasteiger partial charge in [0, 0.05) is 31.0 Å². The lowest BCUT2D eigenvalue weighted by Crippen LogP contribution is -2.43. The minimum Gasteiger partial charge on any atom is -0.446 e. The second kappa shape index (κ2) is 7.14. The summed E-state index contributed by atoms with van der Waals surface area (Å²) in [5, 5.41) is 13.4. The summed E-state index contributed by atoms with van der Waals surface area (Å²) in [7, 11) is 2.12. The van der Waals surface area contributed by atoms with Gasteiger partial charge in [-0.3, -0.25) is 15.4 Å². The molecule has 2 unspecified atom stereocenters. The third-order valence-corrected chi connectivity index (χ3v) is 4.67. The van der Waals surface area contributed by atoms with Crippen LogP contribution >= 0.6 is 12.4 Å². The third-order valence-electron chi connectivity index (χ3n) is 4.67. The Balaban J connectivity index is 0.00000192. The number of piperidine rings is 1. The molecule has 0 aromatic heterocycles. The van der Waals surface area contributed by atoms with Crippen LogP contribution in [-0.4, -0.2) is 41.2 Å². The molecular weight excluding hydrogens is 322 g/mol. The molecule has 1 amide bonds. The molecule has 0 saturated carbocycles. The average Bonchev–Trinajstić information content (AvgIpc) is 2.70. The van der Waals surface area contributed by atoms with Crippen LogP contribution in [0.4, 0.5) is 16.2 Å². The largest absolute Gasteiger partial charge is 0.446 e. The van der Waals surface area contributed by atoms with Crippen molar-refractivity contribution in [1.82, 2.24) is 4.90 Å². The fraction of sp³-hybridized carbons (Fsp3) is 0.533. The predicted molar refractivity (Wildman–Crippen MR) is 88.0 cm³/mol. The number of hydrogen-bond acceptors (Lipinski definition) is 5. The predicted octanol–water partition coefficient (Wildman–Crippen LogP) is 3.19. The molecule has 2 aliphatic rings. The van der Waals surface area contributed by atoms with Gasteiger partial charge in [-0.25, -0.2) is 4.79 Å². The van der Waals surface area contributed by atoms with Gasteiger partial charge in [-0.1, -0.05) is 12.1 Å². The molecule has 23 heavy (non-hydrogen) atoms. The first kappa shape index (κ1) is 17.5. The van der Waals surface area contributed by atoms with Crippen molar-refractivity contribution in [2.75, 3.05) is 12.4 Å². The van der Waals surface area contributed by atoms with E-state index in [1.54, 1.807) is 12.1 Å². The highest BCUT2D eigenvalue weighted by Crippen LogP contribution is 2.35. The molecule has 7 nitrogen and oxygen atoms in total. The van der Waals surface area contributed by atoms with E-state index in [1.165, 1.54) is 12.1 Å². The molecule has 1 N–H and O–H groups in total.